The molecule has 1 aromatic carbocycles. The molecule has 1 N–H and O–H groups in total. The second-order valence-corrected chi connectivity index (χ2v) is 3.74. The second-order valence-electron chi connectivity index (χ2n) is 3.74. The number of carbonyl (C=O) groups is 1. The van der Waals surface area contributed by atoms with Crippen molar-refractivity contribution in [2.45, 2.75) is 6.42 Å². The van der Waals surface area contributed by atoms with Crippen molar-refractivity contribution in [3.63, 3.8) is 0 Å². The van der Waals surface area contributed by atoms with Gasteiger partial charge in [0.2, 0.25) is 5.88 Å². The Morgan fingerprint density at radius 3 is 2.68 bits per heavy atom. The number of aromatic nitrogens is 1. The van der Waals surface area contributed by atoms with Gasteiger partial charge in [0.05, 0.1) is 12.5 Å². The van der Waals surface area contributed by atoms with Gasteiger partial charge in [-0.15, -0.1) is 0 Å². The lowest BCUT2D eigenvalue weighted by atomic mass is 10.2. The molecule has 0 fully saturated rings. The van der Waals surface area contributed by atoms with E-state index in [1.165, 1.54) is 18.3 Å². The van der Waals surface area contributed by atoms with Crippen LogP contribution in [0.2, 0.25) is 0 Å². The zero-order valence-electron chi connectivity index (χ0n) is 9.91. The van der Waals surface area contributed by atoms with Crippen LogP contribution < -0.4 is 4.74 Å². The van der Waals surface area contributed by atoms with Gasteiger partial charge in [0.15, 0.2) is 0 Å². The molecule has 0 aliphatic rings. The third-order valence-electron chi connectivity index (χ3n) is 2.42. The van der Waals surface area contributed by atoms with Crippen molar-refractivity contribution < 1.29 is 14.6 Å². The molecule has 0 aliphatic carbocycles. The summed E-state index contributed by atoms with van der Waals surface area (Å²) in [6.07, 6.45) is 1.79. The van der Waals surface area contributed by atoms with E-state index in [-0.39, 0.29) is 11.4 Å². The molecule has 0 amide bonds. The Balaban J connectivity index is 2.22. The molecular formula is C14H10N2O3. The number of hydrogen-bond acceptors (Lipinski definition) is 4. The van der Waals surface area contributed by atoms with E-state index in [0.29, 0.717) is 12.2 Å². The monoisotopic (exact) mass is 254 g/mol. The molecule has 5 nitrogen and oxygen atoms in total. The number of nitriles is 1. The van der Waals surface area contributed by atoms with Crippen molar-refractivity contribution >= 4 is 5.97 Å². The molecule has 5 heteroatoms. The van der Waals surface area contributed by atoms with Gasteiger partial charge in [-0.2, -0.15) is 5.26 Å². The summed E-state index contributed by atoms with van der Waals surface area (Å²) in [4.78, 5) is 14.9. The van der Waals surface area contributed by atoms with E-state index in [1.54, 1.807) is 24.3 Å². The van der Waals surface area contributed by atoms with E-state index in [2.05, 4.69) is 4.98 Å². The number of benzene rings is 1. The van der Waals surface area contributed by atoms with Crippen molar-refractivity contribution in [2.75, 3.05) is 0 Å². The highest BCUT2D eigenvalue weighted by Crippen LogP contribution is 2.23. The summed E-state index contributed by atoms with van der Waals surface area (Å²) in [5.41, 5.74) is 0.873. The fourth-order valence-electron chi connectivity index (χ4n) is 1.51. The summed E-state index contributed by atoms with van der Waals surface area (Å²) in [6.45, 7) is 0. The average molecular weight is 254 g/mol. The number of pyridine rings is 1. The van der Waals surface area contributed by atoms with Crippen LogP contribution in [0.3, 0.4) is 0 Å². The first-order valence-corrected chi connectivity index (χ1v) is 5.53. The molecule has 2 rings (SSSR count). The van der Waals surface area contributed by atoms with Crippen molar-refractivity contribution in [1.82, 2.24) is 4.98 Å². The molecule has 0 saturated carbocycles. The number of nitrogens with zero attached hydrogens (tertiary/aromatic N) is 2. The van der Waals surface area contributed by atoms with Gasteiger partial charge in [-0.25, -0.2) is 9.78 Å². The second kappa shape index (κ2) is 5.65. The smallest absolute Gasteiger partial charge is 0.341 e. The summed E-state index contributed by atoms with van der Waals surface area (Å²) in [6, 6.07) is 11.9. The van der Waals surface area contributed by atoms with Crippen LogP contribution >= 0.6 is 0 Å². The zero-order chi connectivity index (χ0) is 13.7. The molecule has 0 spiro atoms. The minimum absolute atomic E-state index is 0.00333. The molecule has 0 atom stereocenters. The number of hydrogen-bond donors (Lipinski definition) is 1. The predicted octanol–water partition coefficient (Wildman–Crippen LogP) is 2.64. The number of carboxylic acid groups (broad SMARTS) is 1. The van der Waals surface area contributed by atoms with Gasteiger partial charge in [0, 0.05) is 6.20 Å². The quantitative estimate of drug-likeness (QED) is 0.906. The number of carboxylic acids is 1. The molecule has 94 valence electrons. The van der Waals surface area contributed by atoms with E-state index in [1.807, 2.05) is 6.07 Å². The molecule has 0 radical (unpaired) electrons. The predicted molar refractivity (Wildman–Crippen MR) is 67.0 cm³/mol. The summed E-state index contributed by atoms with van der Waals surface area (Å²) in [7, 11) is 0. The van der Waals surface area contributed by atoms with Crippen molar-refractivity contribution in [2.24, 2.45) is 0 Å². The first-order chi connectivity index (χ1) is 9.20. The zero-order valence-corrected chi connectivity index (χ0v) is 9.91. The molecule has 2 aromatic rings. The van der Waals surface area contributed by atoms with Gasteiger partial charge in [0.1, 0.15) is 11.3 Å². The molecular weight excluding hydrogens is 244 g/mol. The third-order valence-corrected chi connectivity index (χ3v) is 2.42. The Kier molecular flexibility index (Phi) is 3.74. The topological polar surface area (TPSA) is 83.2 Å². The lowest BCUT2D eigenvalue weighted by Crippen LogP contribution is -2.01. The van der Waals surface area contributed by atoms with E-state index in [4.69, 9.17) is 15.1 Å². The first kappa shape index (κ1) is 12.6. The fourth-order valence-corrected chi connectivity index (χ4v) is 1.51. The van der Waals surface area contributed by atoms with E-state index >= 15 is 0 Å². The van der Waals surface area contributed by atoms with Gasteiger partial charge in [0.25, 0.3) is 0 Å². The Morgan fingerprint density at radius 1 is 1.32 bits per heavy atom. The minimum Gasteiger partial charge on any atom is -0.477 e. The number of rotatable bonds is 4. The Hall–Kier alpha value is -2.87. The summed E-state index contributed by atoms with van der Waals surface area (Å²) in [5, 5.41) is 17.6. The normalized spacial score (nSPS) is 9.63. The molecule has 1 heterocycles. The van der Waals surface area contributed by atoms with Crippen LogP contribution in [0.4, 0.5) is 0 Å². The minimum atomic E-state index is -1.09. The van der Waals surface area contributed by atoms with E-state index < -0.39 is 5.97 Å². The number of aromatic carboxylic acids is 1. The Labute approximate surface area is 109 Å². The molecule has 0 unspecified atom stereocenters. The standard InChI is InChI=1S/C14H10N2O3/c15-8-7-10-3-5-11(6-4-10)19-13-12(14(17)18)2-1-9-16-13/h1-6,9H,7H2,(H,17,18). The van der Waals surface area contributed by atoms with Crippen LogP contribution in [-0.4, -0.2) is 16.1 Å². The van der Waals surface area contributed by atoms with Gasteiger partial charge in [-0.05, 0) is 29.8 Å². The van der Waals surface area contributed by atoms with Crippen LogP contribution in [0.25, 0.3) is 0 Å². The van der Waals surface area contributed by atoms with Gasteiger partial charge >= 0.3 is 5.97 Å². The lowest BCUT2D eigenvalue weighted by molar-refractivity contribution is 0.0693. The fraction of sp³-hybridized carbons (Fsp3) is 0.0714. The Morgan fingerprint density at radius 2 is 2.05 bits per heavy atom. The summed E-state index contributed by atoms with van der Waals surface area (Å²) < 4.78 is 5.43. The van der Waals surface area contributed by atoms with Crippen LogP contribution in [0.5, 0.6) is 11.6 Å². The maximum atomic E-state index is 11.0. The first-order valence-electron chi connectivity index (χ1n) is 5.53. The van der Waals surface area contributed by atoms with Gasteiger partial charge < -0.3 is 9.84 Å². The highest BCUT2D eigenvalue weighted by Gasteiger charge is 2.12. The summed E-state index contributed by atoms with van der Waals surface area (Å²) >= 11 is 0. The SMILES string of the molecule is N#CCc1ccc(Oc2ncccc2C(=O)O)cc1. The van der Waals surface area contributed by atoms with Crippen molar-refractivity contribution in [3.8, 4) is 17.7 Å². The van der Waals surface area contributed by atoms with E-state index in [0.717, 1.165) is 5.56 Å². The number of ether oxygens (including phenoxy) is 1. The van der Waals surface area contributed by atoms with Crippen LogP contribution in [0, 0.1) is 11.3 Å². The lowest BCUT2D eigenvalue weighted by Gasteiger charge is -2.07. The van der Waals surface area contributed by atoms with Crippen LogP contribution in [-0.2, 0) is 6.42 Å². The van der Waals surface area contributed by atoms with Crippen LogP contribution in [0.1, 0.15) is 15.9 Å². The van der Waals surface area contributed by atoms with Crippen molar-refractivity contribution in [3.05, 3.63) is 53.7 Å². The molecule has 0 bridgehead atoms. The van der Waals surface area contributed by atoms with E-state index in [9.17, 15) is 4.79 Å². The summed E-state index contributed by atoms with van der Waals surface area (Å²) in [5.74, 6) is -0.574. The highest BCUT2D eigenvalue weighted by molar-refractivity contribution is 5.90. The molecule has 1 aromatic heterocycles. The largest absolute Gasteiger partial charge is 0.477 e. The van der Waals surface area contributed by atoms with Gasteiger partial charge in [-0.1, -0.05) is 12.1 Å². The Bertz CT molecular complexity index is 630. The van der Waals surface area contributed by atoms with Crippen molar-refractivity contribution in [1.29, 1.82) is 5.26 Å². The van der Waals surface area contributed by atoms with Gasteiger partial charge in [-0.3, -0.25) is 0 Å². The highest BCUT2D eigenvalue weighted by atomic mass is 16.5. The van der Waals surface area contributed by atoms with Crippen LogP contribution in [0.15, 0.2) is 42.6 Å². The maximum Gasteiger partial charge on any atom is 0.341 e. The molecule has 19 heavy (non-hydrogen) atoms. The molecule has 0 saturated heterocycles. The average Bonchev–Trinajstić information content (AvgIpc) is 2.42. The third kappa shape index (κ3) is 3.07. The maximum absolute atomic E-state index is 11.0. The molecule has 0 aliphatic heterocycles.